The predicted molar refractivity (Wildman–Crippen MR) is 83.4 cm³/mol. The van der Waals surface area contributed by atoms with Crippen LogP contribution >= 0.6 is 11.6 Å². The normalized spacial score (nSPS) is 13.1. The number of carbonyl (C=O) groups is 1. The van der Waals surface area contributed by atoms with Gasteiger partial charge in [0.25, 0.3) is 5.91 Å². The Hall–Kier alpha value is -2.07. The Labute approximate surface area is 128 Å². The first-order chi connectivity index (χ1) is 10.2. The summed E-state index contributed by atoms with van der Waals surface area (Å²) >= 11 is 6.14. The van der Waals surface area contributed by atoms with E-state index in [0.29, 0.717) is 29.5 Å². The number of carbonyl (C=O) groups excluding carboxylic acids is 1. The number of benzene rings is 1. The lowest BCUT2D eigenvalue weighted by Crippen LogP contribution is -2.25. The Bertz CT molecular complexity index is 662. The van der Waals surface area contributed by atoms with E-state index in [4.69, 9.17) is 11.6 Å². The molecule has 1 amide bonds. The standard InChI is InChI=1S/C16H16ClN3O/c1-2-18-15-7-13(14(17)8-19-15)16(21)20-9-11-5-3-4-6-12(11)10-20/h3-8H,2,9-10H2,1H3,(H,18,19). The summed E-state index contributed by atoms with van der Waals surface area (Å²) in [6, 6.07) is 9.82. The Kier molecular flexibility index (Phi) is 3.80. The number of anilines is 1. The van der Waals surface area contributed by atoms with Gasteiger partial charge in [-0.1, -0.05) is 35.9 Å². The second-order valence-electron chi connectivity index (χ2n) is 5.01. The third-order valence-corrected chi connectivity index (χ3v) is 3.87. The summed E-state index contributed by atoms with van der Waals surface area (Å²) in [6.45, 7) is 3.99. The minimum absolute atomic E-state index is 0.0576. The molecule has 2 aromatic rings. The highest BCUT2D eigenvalue weighted by molar-refractivity contribution is 6.33. The molecule has 0 radical (unpaired) electrons. The first kappa shape index (κ1) is 13.9. The monoisotopic (exact) mass is 301 g/mol. The first-order valence-electron chi connectivity index (χ1n) is 6.94. The van der Waals surface area contributed by atoms with E-state index in [1.807, 2.05) is 24.0 Å². The molecule has 1 N–H and O–H groups in total. The third kappa shape index (κ3) is 2.72. The average Bonchev–Trinajstić information content (AvgIpc) is 2.93. The van der Waals surface area contributed by atoms with Crippen LogP contribution in [0.1, 0.15) is 28.4 Å². The SMILES string of the molecule is CCNc1cc(C(=O)N2Cc3ccccc3C2)c(Cl)cn1. The summed E-state index contributed by atoms with van der Waals surface area (Å²) in [5, 5.41) is 3.48. The molecule has 1 aliphatic heterocycles. The number of rotatable bonds is 3. The van der Waals surface area contributed by atoms with Crippen molar-refractivity contribution in [3.05, 3.63) is 58.2 Å². The lowest BCUT2D eigenvalue weighted by molar-refractivity contribution is 0.0751. The van der Waals surface area contributed by atoms with Crippen LogP contribution in [-0.2, 0) is 13.1 Å². The summed E-state index contributed by atoms with van der Waals surface area (Å²) in [5.74, 6) is 0.611. The van der Waals surface area contributed by atoms with Crippen LogP contribution in [-0.4, -0.2) is 22.3 Å². The Morgan fingerprint density at radius 1 is 1.33 bits per heavy atom. The molecule has 1 aliphatic rings. The van der Waals surface area contributed by atoms with E-state index < -0.39 is 0 Å². The zero-order chi connectivity index (χ0) is 14.8. The smallest absolute Gasteiger partial charge is 0.256 e. The van der Waals surface area contributed by atoms with Crippen LogP contribution in [0.2, 0.25) is 5.02 Å². The minimum atomic E-state index is -0.0576. The summed E-state index contributed by atoms with van der Waals surface area (Å²) < 4.78 is 0. The Balaban J connectivity index is 1.85. The van der Waals surface area contributed by atoms with E-state index in [1.54, 1.807) is 6.07 Å². The maximum atomic E-state index is 12.7. The van der Waals surface area contributed by atoms with E-state index in [9.17, 15) is 4.79 Å². The molecule has 21 heavy (non-hydrogen) atoms. The van der Waals surface area contributed by atoms with Gasteiger partial charge in [-0.15, -0.1) is 0 Å². The maximum absolute atomic E-state index is 12.7. The van der Waals surface area contributed by atoms with Gasteiger partial charge in [-0.3, -0.25) is 4.79 Å². The molecule has 3 rings (SSSR count). The van der Waals surface area contributed by atoms with Gasteiger partial charge in [0.15, 0.2) is 0 Å². The van der Waals surface area contributed by atoms with Crippen LogP contribution < -0.4 is 5.32 Å². The fourth-order valence-corrected chi connectivity index (χ4v) is 2.71. The molecule has 1 aromatic carbocycles. The van der Waals surface area contributed by atoms with Gasteiger partial charge in [-0.05, 0) is 24.1 Å². The number of nitrogens with zero attached hydrogens (tertiary/aromatic N) is 2. The summed E-state index contributed by atoms with van der Waals surface area (Å²) in [5.41, 5.74) is 2.89. The van der Waals surface area contributed by atoms with E-state index >= 15 is 0 Å². The number of fused-ring (bicyclic) bond motifs is 1. The van der Waals surface area contributed by atoms with Gasteiger partial charge < -0.3 is 10.2 Å². The molecule has 0 unspecified atom stereocenters. The highest BCUT2D eigenvalue weighted by Crippen LogP contribution is 2.26. The fraction of sp³-hybridized carbons (Fsp3) is 0.250. The molecule has 0 spiro atoms. The second-order valence-corrected chi connectivity index (χ2v) is 5.42. The number of halogens is 1. The molecular weight excluding hydrogens is 286 g/mol. The summed E-state index contributed by atoms with van der Waals surface area (Å²) in [4.78, 5) is 18.6. The van der Waals surface area contributed by atoms with Crippen LogP contribution in [0.3, 0.4) is 0 Å². The molecule has 108 valence electrons. The molecule has 2 heterocycles. The number of pyridine rings is 1. The van der Waals surface area contributed by atoms with Gasteiger partial charge in [-0.25, -0.2) is 4.98 Å². The van der Waals surface area contributed by atoms with Gasteiger partial charge in [0.05, 0.1) is 10.6 Å². The van der Waals surface area contributed by atoms with Gasteiger partial charge >= 0.3 is 0 Å². The lowest BCUT2D eigenvalue weighted by Gasteiger charge is -2.17. The van der Waals surface area contributed by atoms with Crippen molar-refractivity contribution in [3.63, 3.8) is 0 Å². The molecule has 0 saturated heterocycles. The molecule has 0 aliphatic carbocycles. The quantitative estimate of drug-likeness (QED) is 0.946. The fourth-order valence-electron chi connectivity index (χ4n) is 2.53. The minimum Gasteiger partial charge on any atom is -0.370 e. The summed E-state index contributed by atoms with van der Waals surface area (Å²) in [6.07, 6.45) is 1.52. The molecule has 0 fully saturated rings. The van der Waals surface area contributed by atoms with E-state index in [2.05, 4.69) is 22.4 Å². The number of amides is 1. The average molecular weight is 302 g/mol. The van der Waals surface area contributed by atoms with Crippen LogP contribution in [0.5, 0.6) is 0 Å². The second kappa shape index (κ2) is 5.74. The van der Waals surface area contributed by atoms with Crippen molar-refractivity contribution >= 4 is 23.3 Å². The molecule has 5 heteroatoms. The van der Waals surface area contributed by atoms with Crippen molar-refractivity contribution in [1.29, 1.82) is 0 Å². The van der Waals surface area contributed by atoms with Crippen molar-refractivity contribution in [2.75, 3.05) is 11.9 Å². The number of nitrogens with one attached hydrogen (secondary N) is 1. The molecule has 0 bridgehead atoms. The van der Waals surface area contributed by atoms with Crippen molar-refractivity contribution in [2.24, 2.45) is 0 Å². The third-order valence-electron chi connectivity index (χ3n) is 3.57. The van der Waals surface area contributed by atoms with Gasteiger partial charge in [0.2, 0.25) is 0 Å². The summed E-state index contributed by atoms with van der Waals surface area (Å²) in [7, 11) is 0. The molecular formula is C16H16ClN3O. The lowest BCUT2D eigenvalue weighted by atomic mass is 10.1. The molecule has 1 aromatic heterocycles. The zero-order valence-corrected chi connectivity index (χ0v) is 12.5. The Morgan fingerprint density at radius 3 is 2.62 bits per heavy atom. The van der Waals surface area contributed by atoms with Crippen molar-refractivity contribution < 1.29 is 4.79 Å². The van der Waals surface area contributed by atoms with Gasteiger partial charge in [0.1, 0.15) is 5.82 Å². The molecule has 0 saturated carbocycles. The predicted octanol–water partition coefficient (Wildman–Crippen LogP) is 3.32. The van der Waals surface area contributed by atoms with E-state index in [1.165, 1.54) is 17.3 Å². The largest absolute Gasteiger partial charge is 0.370 e. The molecule has 0 atom stereocenters. The Morgan fingerprint density at radius 2 is 2.00 bits per heavy atom. The number of hydrogen-bond donors (Lipinski definition) is 1. The van der Waals surface area contributed by atoms with Gasteiger partial charge in [-0.2, -0.15) is 0 Å². The van der Waals surface area contributed by atoms with Crippen LogP contribution in [0.25, 0.3) is 0 Å². The van der Waals surface area contributed by atoms with Crippen LogP contribution in [0.15, 0.2) is 36.5 Å². The van der Waals surface area contributed by atoms with Crippen LogP contribution in [0, 0.1) is 0 Å². The van der Waals surface area contributed by atoms with E-state index in [0.717, 1.165) is 6.54 Å². The number of hydrogen-bond acceptors (Lipinski definition) is 3. The molecule has 4 nitrogen and oxygen atoms in total. The highest BCUT2D eigenvalue weighted by atomic mass is 35.5. The van der Waals surface area contributed by atoms with Crippen molar-refractivity contribution in [3.8, 4) is 0 Å². The van der Waals surface area contributed by atoms with E-state index in [-0.39, 0.29) is 5.91 Å². The highest BCUT2D eigenvalue weighted by Gasteiger charge is 2.25. The topological polar surface area (TPSA) is 45.2 Å². The van der Waals surface area contributed by atoms with Crippen molar-refractivity contribution in [1.82, 2.24) is 9.88 Å². The maximum Gasteiger partial charge on any atom is 0.256 e. The van der Waals surface area contributed by atoms with Gasteiger partial charge in [0, 0.05) is 25.8 Å². The number of aromatic nitrogens is 1. The first-order valence-corrected chi connectivity index (χ1v) is 7.32. The van der Waals surface area contributed by atoms with Crippen LogP contribution in [0.4, 0.5) is 5.82 Å². The zero-order valence-electron chi connectivity index (χ0n) is 11.8. The van der Waals surface area contributed by atoms with Crippen molar-refractivity contribution in [2.45, 2.75) is 20.0 Å².